The highest BCUT2D eigenvalue weighted by atomic mass is 16.5. The standard InChI is InChI=1S/C32H35N3O.C30H32N4O2.C30H32N4O.C29H31N3/c1-20-11-16-26(32(5,6)7)17-29(20)34-18-27-28(19-34)33-35(30-21(2)9-8-10-22(30)3)31(27)25-14-12-24(13-15-25)23(4)36;1-19(2)24-10-6-7-11-27(24)33-17-25-26(18-33)32-34(29-20(3)9-8-12-28(29)36-5)30(25)22-13-15-23(16-14-22)31-21(4)35;1-19(2)25-11-6-7-12-28(25)33-17-26-27(18-33)32-34(29-20(3)9-8-10-21(29)4)30(26)23-13-15-24(16-14-23)31-22(5)35;1-19(2)24-11-6-7-12-27(24)31-17-25-26(18-31)30-32(28-21(4)9-8-10-22(28)5)29(25)23-15-13-20(3)14-16-23/h8-17H,18-19H2,1-7H3;6-16,19H,17-18H2,1-5H3,(H,31,35);6-16,19H,17-18H2,1-5H3,(H,31,35);6-16,19H,17-18H2,1-5H3. The van der Waals surface area contributed by atoms with Crippen molar-refractivity contribution in [2.75, 3.05) is 37.3 Å². The number of benzene rings is 12. The van der Waals surface area contributed by atoms with E-state index < -0.39 is 0 Å². The first-order chi connectivity index (χ1) is 66.7. The van der Waals surface area contributed by atoms with Crippen LogP contribution in [-0.4, -0.2) is 63.8 Å². The molecule has 18 heteroatoms. The van der Waals surface area contributed by atoms with E-state index in [1.807, 2.05) is 53.2 Å². The Morgan fingerprint density at radius 1 is 0.317 bits per heavy atom. The van der Waals surface area contributed by atoms with E-state index in [1.54, 1.807) is 14.0 Å². The smallest absolute Gasteiger partial charge is 0.221 e. The highest BCUT2D eigenvalue weighted by Crippen LogP contribution is 2.47. The van der Waals surface area contributed by atoms with Crippen LogP contribution < -0.4 is 35.0 Å². The van der Waals surface area contributed by atoms with Gasteiger partial charge in [-0.1, -0.05) is 274 Å². The van der Waals surface area contributed by atoms with Crippen LogP contribution in [0.15, 0.2) is 261 Å². The molecule has 0 aliphatic carbocycles. The quantitative estimate of drug-likeness (QED) is 0.0736. The molecular weight excluding hydrogens is 1710 g/mol. The van der Waals surface area contributed by atoms with E-state index >= 15 is 0 Å². The van der Waals surface area contributed by atoms with Crippen molar-refractivity contribution in [1.29, 1.82) is 0 Å². The molecule has 0 spiro atoms. The van der Waals surface area contributed by atoms with Gasteiger partial charge in [0.2, 0.25) is 11.8 Å². The van der Waals surface area contributed by atoms with Crippen LogP contribution in [0, 0.1) is 62.3 Å². The summed E-state index contributed by atoms with van der Waals surface area (Å²) < 4.78 is 14.3. The third-order valence-electron chi connectivity index (χ3n) is 27.6. The third kappa shape index (κ3) is 19.6. The maximum atomic E-state index is 11.9. The normalized spacial score (nSPS) is 13.0. The number of ketones is 1. The molecule has 0 unspecified atom stereocenters. The number of carbonyl (C=O) groups is 3. The van der Waals surface area contributed by atoms with Gasteiger partial charge in [0, 0.05) is 124 Å². The van der Waals surface area contributed by atoms with Gasteiger partial charge in [-0.2, -0.15) is 20.4 Å². The van der Waals surface area contributed by atoms with E-state index in [1.165, 1.54) is 148 Å². The van der Waals surface area contributed by atoms with Gasteiger partial charge >= 0.3 is 0 Å². The number of carbonyl (C=O) groups excluding carboxylic acids is 3. The summed E-state index contributed by atoms with van der Waals surface area (Å²) in [5.74, 6) is 2.09. The number of rotatable bonds is 19. The Bertz CT molecular complexity index is 7240. The number of methoxy groups -OCH3 is 1. The number of aromatic nitrogens is 8. The molecule has 20 rings (SSSR count). The zero-order valence-corrected chi connectivity index (χ0v) is 84.7. The number of hydrogen-bond donors (Lipinski definition) is 2. The second kappa shape index (κ2) is 40.0. The van der Waals surface area contributed by atoms with Gasteiger partial charge in [0.1, 0.15) is 11.4 Å². The Hall–Kier alpha value is -14.9. The van der Waals surface area contributed by atoms with Crippen molar-refractivity contribution in [3.63, 3.8) is 0 Å². The van der Waals surface area contributed by atoms with Crippen molar-refractivity contribution in [1.82, 2.24) is 39.1 Å². The van der Waals surface area contributed by atoms with Crippen molar-refractivity contribution < 1.29 is 19.1 Å². The molecule has 2 amide bonds. The zero-order valence-electron chi connectivity index (χ0n) is 84.7. The van der Waals surface area contributed by atoms with E-state index in [0.717, 1.165) is 149 Å². The minimum Gasteiger partial charge on any atom is -0.494 e. The third-order valence-corrected chi connectivity index (χ3v) is 27.6. The van der Waals surface area contributed by atoms with E-state index in [4.69, 9.17) is 25.1 Å². The molecule has 0 atom stereocenters. The fourth-order valence-corrected chi connectivity index (χ4v) is 20.5. The maximum Gasteiger partial charge on any atom is 0.221 e. The highest BCUT2D eigenvalue weighted by Gasteiger charge is 2.37. The molecule has 16 aromatic rings. The van der Waals surface area contributed by atoms with E-state index in [0.29, 0.717) is 17.8 Å². The summed E-state index contributed by atoms with van der Waals surface area (Å²) in [6, 6.07) is 91.2. The fraction of sp³-hybridized carbons (Fsp3) is 0.281. The van der Waals surface area contributed by atoms with E-state index in [9.17, 15) is 14.4 Å². The van der Waals surface area contributed by atoms with Crippen LogP contribution in [-0.2, 0) is 67.4 Å². The summed E-state index contributed by atoms with van der Waals surface area (Å²) in [5, 5.41) is 26.5. The number of nitrogens with one attached hydrogen (secondary N) is 2. The predicted octanol–water partition coefficient (Wildman–Crippen LogP) is 27.8. The number of fused-ring (bicyclic) bond motifs is 4. The second-order valence-electron chi connectivity index (χ2n) is 39.9. The Labute approximate surface area is 820 Å². The summed E-state index contributed by atoms with van der Waals surface area (Å²) in [5.41, 5.74) is 46.9. The molecule has 139 heavy (non-hydrogen) atoms. The van der Waals surface area contributed by atoms with Gasteiger partial charge in [-0.15, -0.1) is 0 Å². The van der Waals surface area contributed by atoms with Crippen molar-refractivity contribution in [2.45, 2.75) is 221 Å². The van der Waals surface area contributed by atoms with E-state index in [-0.39, 0.29) is 23.0 Å². The Morgan fingerprint density at radius 3 is 0.906 bits per heavy atom. The molecule has 0 fully saturated rings. The molecule has 4 aliphatic rings. The molecule has 18 nitrogen and oxygen atoms in total. The monoisotopic (exact) mass is 1840 g/mol. The second-order valence-corrected chi connectivity index (χ2v) is 39.9. The van der Waals surface area contributed by atoms with Crippen molar-refractivity contribution in [2.24, 2.45) is 0 Å². The van der Waals surface area contributed by atoms with Gasteiger partial charge in [-0.25, -0.2) is 18.7 Å². The minimum absolute atomic E-state index is 0.0707. The predicted molar refractivity (Wildman–Crippen MR) is 570 cm³/mol. The lowest BCUT2D eigenvalue weighted by molar-refractivity contribution is -0.115. The molecule has 4 aromatic heterocycles. The number of para-hydroxylation sites is 7. The summed E-state index contributed by atoms with van der Waals surface area (Å²) in [6.45, 7) is 50.7. The number of aryl methyl sites for hydroxylation is 9. The van der Waals surface area contributed by atoms with Crippen LogP contribution in [0.5, 0.6) is 5.75 Å². The van der Waals surface area contributed by atoms with Crippen LogP contribution in [0.1, 0.15) is 229 Å². The molecule has 708 valence electrons. The van der Waals surface area contributed by atoms with Crippen molar-refractivity contribution in [3.8, 4) is 73.5 Å². The topological polar surface area (TPSA) is 169 Å². The fourth-order valence-electron chi connectivity index (χ4n) is 20.5. The number of anilines is 6. The number of nitrogens with zero attached hydrogens (tertiary/aromatic N) is 12. The number of amides is 2. The summed E-state index contributed by atoms with van der Waals surface area (Å²) in [6.07, 6.45) is 0. The lowest BCUT2D eigenvalue weighted by atomic mass is 9.86. The maximum absolute atomic E-state index is 11.9. The van der Waals surface area contributed by atoms with Gasteiger partial charge in [-0.3, -0.25) is 14.4 Å². The first-order valence-electron chi connectivity index (χ1n) is 48.8. The molecular formula is C121H130N14O4. The molecule has 12 aromatic carbocycles. The molecule has 2 N–H and O–H groups in total. The molecule has 0 radical (unpaired) electrons. The minimum atomic E-state index is -0.0854. The van der Waals surface area contributed by atoms with Crippen LogP contribution in [0.4, 0.5) is 34.1 Å². The van der Waals surface area contributed by atoms with Gasteiger partial charge in [-0.05, 0) is 214 Å². The lowest BCUT2D eigenvalue weighted by Gasteiger charge is -2.26. The van der Waals surface area contributed by atoms with Crippen LogP contribution >= 0.6 is 0 Å². The largest absolute Gasteiger partial charge is 0.494 e. The first kappa shape index (κ1) is 95.8. The SMILES string of the molecule is CC(=O)Nc1ccc(-c2c3c(nn2-c2c(C)cccc2C)CN(c2ccccc2C(C)C)C3)cc1.CC(=O)c1ccc(-c2c3c(nn2-c2c(C)cccc2C)CN(c2cc(C(C)(C)C)ccc2C)C3)cc1.COc1cccc(C)c1-n1nc2c(c1-c1ccc(NC(C)=O)cc1)CN(c1ccccc1C(C)C)C2.Cc1ccc(-c2c3c(nn2-c2c(C)cccc2C)CN(c2ccccc2C(C)C)C3)cc1. The Kier molecular flexibility index (Phi) is 27.6. The van der Waals surface area contributed by atoms with Gasteiger partial charge in [0.25, 0.3) is 0 Å². The Morgan fingerprint density at radius 2 is 0.604 bits per heavy atom. The highest BCUT2D eigenvalue weighted by molar-refractivity contribution is 5.95. The lowest BCUT2D eigenvalue weighted by Crippen LogP contribution is -2.19. The average molecular weight is 1840 g/mol. The number of Topliss-reactive ketones (excluding diaryl/α,β-unsaturated/α-hetero) is 1. The molecule has 4 aliphatic heterocycles. The summed E-state index contributed by atoms with van der Waals surface area (Å²) >= 11 is 0. The van der Waals surface area contributed by atoms with Crippen LogP contribution in [0.2, 0.25) is 0 Å². The van der Waals surface area contributed by atoms with Crippen LogP contribution in [0.25, 0.3) is 67.8 Å². The van der Waals surface area contributed by atoms with Gasteiger partial charge < -0.3 is 35.0 Å². The average Bonchev–Trinajstić information content (AvgIpc) is 1.59. The van der Waals surface area contributed by atoms with Crippen molar-refractivity contribution >= 4 is 51.7 Å². The molecule has 0 saturated heterocycles. The molecule has 8 heterocycles. The number of hydrogen-bond acceptors (Lipinski definition) is 12. The zero-order chi connectivity index (χ0) is 98.3. The van der Waals surface area contributed by atoms with Crippen molar-refractivity contribution in [3.05, 3.63) is 384 Å². The van der Waals surface area contributed by atoms with Gasteiger partial charge in [0.15, 0.2) is 5.78 Å². The first-order valence-corrected chi connectivity index (χ1v) is 48.8. The molecule has 0 saturated carbocycles. The molecule has 0 bridgehead atoms. The van der Waals surface area contributed by atoms with Gasteiger partial charge in [0.05, 0.1) is 95.9 Å². The van der Waals surface area contributed by atoms with Crippen LogP contribution in [0.3, 0.4) is 0 Å². The summed E-state index contributed by atoms with van der Waals surface area (Å²) in [4.78, 5) is 44.7. The Balaban J connectivity index is 0.000000128. The summed E-state index contributed by atoms with van der Waals surface area (Å²) in [7, 11) is 1.70. The number of ether oxygens (including phenoxy) is 1. The van der Waals surface area contributed by atoms with E-state index in [2.05, 4.69) is 381 Å².